The number of hydrogen-bond acceptors (Lipinski definition) is 5. The molecule has 6 heteroatoms. The van der Waals surface area contributed by atoms with Crippen LogP contribution < -0.4 is 4.90 Å². The fourth-order valence-corrected chi connectivity index (χ4v) is 3.37. The van der Waals surface area contributed by atoms with Crippen LogP contribution >= 0.6 is 0 Å². The first-order valence-electron chi connectivity index (χ1n) is 7.71. The summed E-state index contributed by atoms with van der Waals surface area (Å²) in [5, 5.41) is 4.22. The monoisotopic (exact) mass is 284 g/mol. The molecule has 0 amide bonds. The third kappa shape index (κ3) is 2.51. The number of hydrogen-bond donors (Lipinski definition) is 0. The van der Waals surface area contributed by atoms with Crippen molar-refractivity contribution in [2.45, 2.75) is 25.3 Å². The van der Waals surface area contributed by atoms with Gasteiger partial charge in [-0.2, -0.15) is 5.10 Å². The van der Waals surface area contributed by atoms with Crippen molar-refractivity contribution in [2.24, 2.45) is 0 Å². The lowest BCUT2D eigenvalue weighted by molar-refractivity contribution is 0.260. The first-order valence-corrected chi connectivity index (χ1v) is 7.71. The van der Waals surface area contributed by atoms with Gasteiger partial charge in [-0.05, 0) is 38.4 Å². The highest BCUT2D eigenvalue weighted by Crippen LogP contribution is 2.24. The molecule has 2 aliphatic rings. The van der Waals surface area contributed by atoms with Gasteiger partial charge in [-0.1, -0.05) is 0 Å². The lowest BCUT2D eigenvalue weighted by atomic mass is 10.2. The predicted molar refractivity (Wildman–Crippen MR) is 80.6 cm³/mol. The molecule has 21 heavy (non-hydrogen) atoms. The standard InChI is InChI=1S/C15H20N6/c1-2-7-19(6-1)13-4-9-20(12-13)14-10-16-11-15(18-14)21-8-3-5-17-21/h3,5,8,10-11,13H,1-2,4,6-7,9,12H2/t13-/m1/s1. The zero-order valence-corrected chi connectivity index (χ0v) is 12.1. The SMILES string of the molecule is c1cnn(-c2cncc(N3CC[C@@H](N4CCCC4)C3)n2)c1. The molecule has 0 N–H and O–H groups in total. The van der Waals surface area contributed by atoms with Gasteiger partial charge in [0.05, 0.1) is 12.4 Å². The van der Waals surface area contributed by atoms with Gasteiger partial charge in [-0.15, -0.1) is 0 Å². The highest BCUT2D eigenvalue weighted by atomic mass is 15.3. The molecule has 2 aromatic heterocycles. The summed E-state index contributed by atoms with van der Waals surface area (Å²) in [6.07, 6.45) is 11.2. The Morgan fingerprint density at radius 2 is 1.90 bits per heavy atom. The lowest BCUT2D eigenvalue weighted by Gasteiger charge is -2.24. The second kappa shape index (κ2) is 5.44. The van der Waals surface area contributed by atoms with E-state index in [-0.39, 0.29) is 0 Å². The van der Waals surface area contributed by atoms with Gasteiger partial charge in [0.1, 0.15) is 5.82 Å². The molecule has 4 heterocycles. The summed E-state index contributed by atoms with van der Waals surface area (Å²) in [7, 11) is 0. The number of rotatable bonds is 3. The number of nitrogens with zero attached hydrogens (tertiary/aromatic N) is 6. The van der Waals surface area contributed by atoms with Crippen molar-refractivity contribution in [1.82, 2.24) is 24.6 Å². The van der Waals surface area contributed by atoms with E-state index in [1.807, 2.05) is 18.5 Å². The van der Waals surface area contributed by atoms with Gasteiger partial charge < -0.3 is 4.90 Å². The van der Waals surface area contributed by atoms with Crippen LogP contribution in [0.5, 0.6) is 0 Å². The van der Waals surface area contributed by atoms with Crippen molar-refractivity contribution >= 4 is 5.82 Å². The summed E-state index contributed by atoms with van der Waals surface area (Å²) >= 11 is 0. The Balaban J connectivity index is 1.50. The normalized spacial score (nSPS) is 23.0. The molecule has 0 aliphatic carbocycles. The minimum absolute atomic E-state index is 0.683. The summed E-state index contributed by atoms with van der Waals surface area (Å²) in [6.45, 7) is 4.66. The molecule has 6 nitrogen and oxygen atoms in total. The molecule has 110 valence electrons. The number of aromatic nitrogens is 4. The third-order valence-electron chi connectivity index (χ3n) is 4.49. The van der Waals surface area contributed by atoms with E-state index in [1.54, 1.807) is 17.1 Å². The fraction of sp³-hybridized carbons (Fsp3) is 0.533. The molecule has 0 radical (unpaired) electrons. The van der Waals surface area contributed by atoms with E-state index in [4.69, 9.17) is 4.98 Å². The molecule has 0 bridgehead atoms. The fourth-order valence-electron chi connectivity index (χ4n) is 3.37. The highest BCUT2D eigenvalue weighted by molar-refractivity contribution is 5.40. The van der Waals surface area contributed by atoms with Crippen molar-refractivity contribution in [2.75, 3.05) is 31.1 Å². The molecule has 0 saturated carbocycles. The van der Waals surface area contributed by atoms with E-state index in [1.165, 1.54) is 32.4 Å². The van der Waals surface area contributed by atoms with Gasteiger partial charge in [0.2, 0.25) is 0 Å². The van der Waals surface area contributed by atoms with Crippen molar-refractivity contribution in [3.8, 4) is 5.82 Å². The third-order valence-corrected chi connectivity index (χ3v) is 4.49. The Hall–Kier alpha value is -1.95. The molecule has 2 aromatic rings. The van der Waals surface area contributed by atoms with Crippen LogP contribution in [0.2, 0.25) is 0 Å². The minimum Gasteiger partial charge on any atom is -0.354 e. The van der Waals surface area contributed by atoms with E-state index >= 15 is 0 Å². The van der Waals surface area contributed by atoms with Crippen molar-refractivity contribution in [1.29, 1.82) is 0 Å². The molecular weight excluding hydrogens is 264 g/mol. The Bertz CT molecular complexity index is 590. The minimum atomic E-state index is 0.683. The van der Waals surface area contributed by atoms with Crippen LogP contribution in [0.1, 0.15) is 19.3 Å². The average molecular weight is 284 g/mol. The smallest absolute Gasteiger partial charge is 0.173 e. The predicted octanol–water partition coefficient (Wildman–Crippen LogP) is 1.34. The van der Waals surface area contributed by atoms with E-state index in [9.17, 15) is 0 Å². The Kier molecular flexibility index (Phi) is 3.31. The summed E-state index contributed by atoms with van der Waals surface area (Å²) < 4.78 is 1.75. The van der Waals surface area contributed by atoms with Gasteiger partial charge in [0.15, 0.2) is 5.82 Å². The van der Waals surface area contributed by atoms with E-state index in [0.29, 0.717) is 6.04 Å². The van der Waals surface area contributed by atoms with E-state index < -0.39 is 0 Å². The van der Waals surface area contributed by atoms with Crippen molar-refractivity contribution in [3.05, 3.63) is 30.9 Å². The molecule has 1 atom stereocenters. The highest BCUT2D eigenvalue weighted by Gasteiger charge is 2.30. The van der Waals surface area contributed by atoms with E-state index in [0.717, 1.165) is 24.7 Å². The van der Waals surface area contributed by atoms with Crippen molar-refractivity contribution < 1.29 is 0 Å². The molecule has 4 rings (SSSR count). The second-order valence-electron chi connectivity index (χ2n) is 5.82. The van der Waals surface area contributed by atoms with Gasteiger partial charge in [0.25, 0.3) is 0 Å². The van der Waals surface area contributed by atoms with Crippen LogP contribution in [0.15, 0.2) is 30.9 Å². The average Bonchev–Trinajstić information content (AvgIpc) is 3.26. The Morgan fingerprint density at radius 3 is 2.71 bits per heavy atom. The first-order chi connectivity index (χ1) is 10.4. The maximum Gasteiger partial charge on any atom is 0.173 e. The summed E-state index contributed by atoms with van der Waals surface area (Å²) in [5.74, 6) is 1.74. The van der Waals surface area contributed by atoms with Gasteiger partial charge >= 0.3 is 0 Å². The van der Waals surface area contributed by atoms with Crippen LogP contribution in [-0.4, -0.2) is 56.9 Å². The van der Waals surface area contributed by atoms with Crippen LogP contribution in [0.25, 0.3) is 5.82 Å². The molecule has 0 aromatic carbocycles. The maximum atomic E-state index is 4.70. The van der Waals surface area contributed by atoms with Crippen molar-refractivity contribution in [3.63, 3.8) is 0 Å². The van der Waals surface area contributed by atoms with Crippen LogP contribution in [0.3, 0.4) is 0 Å². The second-order valence-corrected chi connectivity index (χ2v) is 5.82. The Labute approximate surface area is 124 Å². The molecule has 0 unspecified atom stereocenters. The largest absolute Gasteiger partial charge is 0.354 e. The Morgan fingerprint density at radius 1 is 1.05 bits per heavy atom. The van der Waals surface area contributed by atoms with Crippen LogP contribution in [-0.2, 0) is 0 Å². The molecule has 2 saturated heterocycles. The molecular formula is C15H20N6. The number of likely N-dealkylation sites (tertiary alicyclic amines) is 1. The summed E-state index contributed by atoms with van der Waals surface area (Å²) in [4.78, 5) is 14.0. The summed E-state index contributed by atoms with van der Waals surface area (Å²) in [6, 6.07) is 2.58. The van der Waals surface area contributed by atoms with Gasteiger partial charge in [-0.3, -0.25) is 9.88 Å². The van der Waals surface area contributed by atoms with Crippen LogP contribution in [0.4, 0.5) is 5.82 Å². The van der Waals surface area contributed by atoms with Crippen LogP contribution in [0, 0.1) is 0 Å². The first kappa shape index (κ1) is 12.8. The molecule has 0 spiro atoms. The van der Waals surface area contributed by atoms with E-state index in [2.05, 4.69) is 19.9 Å². The molecule has 2 aliphatic heterocycles. The number of anilines is 1. The molecule has 2 fully saturated rings. The van der Waals surface area contributed by atoms with Gasteiger partial charge in [0, 0.05) is 31.5 Å². The van der Waals surface area contributed by atoms with Gasteiger partial charge in [-0.25, -0.2) is 9.67 Å². The summed E-state index contributed by atoms with van der Waals surface area (Å²) in [5.41, 5.74) is 0. The quantitative estimate of drug-likeness (QED) is 0.851. The lowest BCUT2D eigenvalue weighted by Crippen LogP contribution is -2.35. The zero-order valence-electron chi connectivity index (χ0n) is 12.1. The zero-order chi connectivity index (χ0) is 14.1. The maximum absolute atomic E-state index is 4.70. The topological polar surface area (TPSA) is 50.1 Å².